The molecule has 0 spiro atoms. The van der Waals surface area contributed by atoms with Crippen molar-refractivity contribution < 1.29 is 23.7 Å². The summed E-state index contributed by atoms with van der Waals surface area (Å²) < 4.78 is 0.813. The Labute approximate surface area is 193 Å². The number of carbonyl (C=O) groups is 3. The third kappa shape index (κ3) is 4.07. The molecule has 8 nitrogen and oxygen atoms in total. The summed E-state index contributed by atoms with van der Waals surface area (Å²) in [5, 5.41) is 1.76. The highest BCUT2D eigenvalue weighted by molar-refractivity contribution is 7.77. The number of hydrogen-bond donors (Lipinski definition) is 2. The summed E-state index contributed by atoms with van der Waals surface area (Å²) in [5.41, 5.74) is 3.42. The van der Waals surface area contributed by atoms with Crippen molar-refractivity contribution in [1.29, 1.82) is 0 Å². The summed E-state index contributed by atoms with van der Waals surface area (Å²) in [5.74, 6) is -0.876. The van der Waals surface area contributed by atoms with Gasteiger partial charge in [0.2, 0.25) is 0 Å². The van der Waals surface area contributed by atoms with Crippen molar-refractivity contribution in [2.45, 2.75) is 32.2 Å². The van der Waals surface area contributed by atoms with Crippen LogP contribution in [-0.2, 0) is 16.2 Å². The fourth-order valence-electron chi connectivity index (χ4n) is 4.91. The van der Waals surface area contributed by atoms with Crippen LogP contribution in [0.4, 0.5) is 5.69 Å². The second kappa shape index (κ2) is 8.73. The fraction of sp³-hybridized carbons (Fsp3) is 0.435. The van der Waals surface area contributed by atoms with Crippen LogP contribution in [0.15, 0.2) is 24.3 Å². The van der Waals surface area contributed by atoms with E-state index in [-0.39, 0.29) is 24.2 Å². The minimum Gasteiger partial charge on any atom is -0.360 e. The quantitative estimate of drug-likeness (QED) is 0.219. The molecule has 2 heterocycles. The molecule has 9 heteroatoms. The van der Waals surface area contributed by atoms with Crippen molar-refractivity contribution in [3.8, 4) is 0 Å². The van der Waals surface area contributed by atoms with Crippen LogP contribution in [0.2, 0.25) is 0 Å². The summed E-state index contributed by atoms with van der Waals surface area (Å²) in [6.07, 6.45) is 2.20. The molecule has 0 atom stereocenters. The molecule has 0 aromatic heterocycles. The van der Waals surface area contributed by atoms with Gasteiger partial charge in [0.25, 0.3) is 11.8 Å². The number of hydrogen-bond acceptors (Lipinski definition) is 7. The molecule has 0 saturated heterocycles. The van der Waals surface area contributed by atoms with Crippen LogP contribution in [0.5, 0.6) is 0 Å². The Morgan fingerprint density at radius 2 is 1.91 bits per heavy atom. The average molecular weight is 458 g/mol. The Morgan fingerprint density at radius 3 is 2.66 bits per heavy atom. The smallest absolute Gasteiger partial charge is 0.325 e. The number of nitrogens with one attached hydrogen (secondary N) is 1. The van der Waals surface area contributed by atoms with E-state index in [0.717, 1.165) is 34.2 Å². The first-order chi connectivity index (χ1) is 15.2. The fourth-order valence-corrected chi connectivity index (χ4v) is 5.02. The number of carbonyl (C=O) groups excluding carboxylic acids is 3. The number of thiol groups is 1. The molecule has 1 N–H and O–H groups in total. The van der Waals surface area contributed by atoms with Gasteiger partial charge >= 0.3 is 5.97 Å². The third-order valence-electron chi connectivity index (χ3n) is 6.21. The van der Waals surface area contributed by atoms with Gasteiger partial charge in [-0.1, -0.05) is 36.3 Å². The second-order valence-corrected chi connectivity index (χ2v) is 9.40. The molecule has 2 aliphatic rings. The van der Waals surface area contributed by atoms with Crippen molar-refractivity contribution in [3.63, 3.8) is 0 Å². The Morgan fingerprint density at radius 1 is 1.16 bits per heavy atom. The number of anilines is 1. The molecular formula is C23H29N4O4S+. The van der Waals surface area contributed by atoms with Crippen molar-refractivity contribution in [1.82, 2.24) is 9.79 Å². The van der Waals surface area contributed by atoms with Crippen molar-refractivity contribution in [3.05, 3.63) is 41.0 Å². The zero-order valence-electron chi connectivity index (χ0n) is 18.7. The maximum absolute atomic E-state index is 13.4. The standard InChI is InChI=1S/C23H29N4O4S/c1-25-14-27(2,3)13-18-15-8-7-9-16-21(15)17(12-19(18)25)23(30)26(22(16)29)11-6-4-5-10-20(28)31-24-32/h7-9,12,24,32H,4-6,10-11,13-14H2,1-3H3/q+1. The summed E-state index contributed by atoms with van der Waals surface area (Å²) in [4.78, 5) is 48.2. The van der Waals surface area contributed by atoms with Crippen LogP contribution in [0, 0.1) is 0 Å². The lowest BCUT2D eigenvalue weighted by molar-refractivity contribution is -0.904. The van der Waals surface area contributed by atoms with Crippen LogP contribution in [-0.4, -0.2) is 61.5 Å². The first kappa shape index (κ1) is 22.6. The van der Waals surface area contributed by atoms with E-state index in [2.05, 4.69) is 41.5 Å². The molecule has 4 rings (SSSR count). The molecule has 0 saturated carbocycles. The number of fused-ring (bicyclic) bond motifs is 2. The molecule has 0 radical (unpaired) electrons. The van der Waals surface area contributed by atoms with E-state index in [0.29, 0.717) is 36.9 Å². The van der Waals surface area contributed by atoms with Gasteiger partial charge in [-0.3, -0.25) is 19.3 Å². The molecule has 0 bridgehead atoms. The van der Waals surface area contributed by atoms with E-state index in [4.69, 9.17) is 0 Å². The lowest BCUT2D eigenvalue weighted by Crippen LogP contribution is -2.50. The monoisotopic (exact) mass is 457 g/mol. The number of imide groups is 1. The largest absolute Gasteiger partial charge is 0.360 e. The van der Waals surface area contributed by atoms with Gasteiger partial charge in [0.15, 0.2) is 6.67 Å². The van der Waals surface area contributed by atoms with Crippen LogP contribution >= 0.6 is 12.8 Å². The Bertz CT molecular complexity index is 1100. The zero-order chi connectivity index (χ0) is 23.0. The third-order valence-corrected chi connectivity index (χ3v) is 6.31. The summed E-state index contributed by atoms with van der Waals surface area (Å²) in [6.45, 7) is 2.01. The SMILES string of the molecule is CN1C[N+](C)(C)Cc2c1cc1c3c(cccc23)C(=O)N(CCCCCC(=O)ONS)C1=O. The molecule has 32 heavy (non-hydrogen) atoms. The van der Waals surface area contributed by atoms with Crippen LogP contribution < -0.4 is 9.79 Å². The van der Waals surface area contributed by atoms with Crippen LogP contribution in [0.25, 0.3) is 10.8 Å². The van der Waals surface area contributed by atoms with Crippen molar-refractivity contribution >= 4 is 47.1 Å². The molecule has 0 aliphatic carbocycles. The number of benzene rings is 2. The number of quaternary nitrogens is 1. The normalized spacial score (nSPS) is 17.0. The van der Waals surface area contributed by atoms with E-state index < -0.39 is 0 Å². The Hall–Kier alpha value is -2.62. The predicted octanol–water partition coefficient (Wildman–Crippen LogP) is 2.87. The van der Waals surface area contributed by atoms with Crippen LogP contribution in [0.1, 0.15) is 52.0 Å². The van der Waals surface area contributed by atoms with Gasteiger partial charge in [0.1, 0.15) is 6.54 Å². The molecule has 2 amide bonds. The van der Waals surface area contributed by atoms with E-state index >= 15 is 0 Å². The Balaban J connectivity index is 1.60. The molecule has 2 aliphatic heterocycles. The zero-order valence-corrected chi connectivity index (χ0v) is 19.6. The van der Waals surface area contributed by atoms with E-state index in [1.54, 1.807) is 0 Å². The van der Waals surface area contributed by atoms with Crippen molar-refractivity contribution in [2.24, 2.45) is 0 Å². The minimum atomic E-state index is -0.388. The van der Waals surface area contributed by atoms with Gasteiger partial charge in [-0.15, -0.1) is 0 Å². The maximum Gasteiger partial charge on any atom is 0.325 e. The molecule has 170 valence electrons. The highest BCUT2D eigenvalue weighted by Crippen LogP contribution is 2.40. The maximum atomic E-state index is 13.4. The molecule has 0 fully saturated rings. The van der Waals surface area contributed by atoms with Gasteiger partial charge in [0, 0.05) is 36.5 Å². The Kier molecular flexibility index (Phi) is 6.15. The highest BCUT2D eigenvalue weighted by atomic mass is 32.1. The van der Waals surface area contributed by atoms with Gasteiger partial charge in [-0.2, -0.15) is 0 Å². The summed E-state index contributed by atoms with van der Waals surface area (Å²) >= 11 is 3.62. The lowest BCUT2D eigenvalue weighted by Gasteiger charge is -2.41. The van der Waals surface area contributed by atoms with Crippen LogP contribution in [0.3, 0.4) is 0 Å². The van der Waals surface area contributed by atoms with Gasteiger partial charge < -0.3 is 14.2 Å². The number of nitrogens with zero attached hydrogens (tertiary/aromatic N) is 3. The number of amides is 2. The van der Waals surface area contributed by atoms with Crippen molar-refractivity contribution in [2.75, 3.05) is 39.3 Å². The topological polar surface area (TPSA) is 79.0 Å². The first-order valence-corrected chi connectivity index (χ1v) is 11.2. The molecule has 2 aromatic rings. The average Bonchev–Trinajstić information content (AvgIpc) is 2.73. The molecular weight excluding hydrogens is 428 g/mol. The highest BCUT2D eigenvalue weighted by Gasteiger charge is 2.37. The van der Waals surface area contributed by atoms with Gasteiger partial charge in [-0.05, 0) is 30.4 Å². The van der Waals surface area contributed by atoms with Gasteiger partial charge in [0.05, 0.1) is 25.3 Å². The van der Waals surface area contributed by atoms with E-state index in [1.165, 1.54) is 10.5 Å². The number of rotatable bonds is 7. The first-order valence-electron chi connectivity index (χ1n) is 10.8. The summed E-state index contributed by atoms with van der Waals surface area (Å²) in [6, 6.07) is 7.70. The summed E-state index contributed by atoms with van der Waals surface area (Å²) in [7, 11) is 6.41. The van der Waals surface area contributed by atoms with Gasteiger partial charge in [-0.25, -0.2) is 0 Å². The van der Waals surface area contributed by atoms with E-state index in [1.807, 2.05) is 31.3 Å². The lowest BCUT2D eigenvalue weighted by atomic mass is 9.88. The minimum absolute atomic E-state index is 0.243. The predicted molar refractivity (Wildman–Crippen MR) is 125 cm³/mol. The molecule has 0 unspecified atom stereocenters. The second-order valence-electron chi connectivity index (χ2n) is 9.22. The number of unbranched alkanes of at least 4 members (excludes halogenated alkanes) is 2. The van der Waals surface area contributed by atoms with E-state index in [9.17, 15) is 14.4 Å². The molecule has 2 aromatic carbocycles.